The molecule has 0 aromatic heterocycles. The van der Waals surface area contributed by atoms with Crippen LogP contribution in [0.25, 0.3) is 0 Å². The molecule has 5 nitrogen and oxygen atoms in total. The Morgan fingerprint density at radius 2 is 2.56 bits per heavy atom. The number of nitrogens with one attached hydrogen (secondary N) is 2. The van der Waals surface area contributed by atoms with Gasteiger partial charge in [0.05, 0.1) is 6.54 Å². The number of nitriles is 1. The first-order valence-corrected chi connectivity index (χ1v) is 6.08. The fourth-order valence-corrected chi connectivity index (χ4v) is 1.74. The lowest BCUT2D eigenvalue weighted by Gasteiger charge is -2.02. The van der Waals surface area contributed by atoms with E-state index in [1.165, 1.54) is 6.20 Å². The van der Waals surface area contributed by atoms with Crippen molar-refractivity contribution in [2.75, 3.05) is 18.8 Å². The Bertz CT molecular complexity index is 356. The Morgan fingerprint density at radius 1 is 1.75 bits per heavy atom. The highest BCUT2D eigenvalue weighted by atomic mass is 32.2. The van der Waals surface area contributed by atoms with Crippen LogP contribution in [0.3, 0.4) is 0 Å². The molecule has 0 atom stereocenters. The van der Waals surface area contributed by atoms with Crippen LogP contribution in [0.2, 0.25) is 0 Å². The van der Waals surface area contributed by atoms with Crippen molar-refractivity contribution >= 4 is 22.8 Å². The summed E-state index contributed by atoms with van der Waals surface area (Å²) in [6.45, 7) is 3.32. The number of aliphatic imine (C=N–C) groups is 1. The second-order valence-corrected chi connectivity index (χ2v) is 4.19. The second kappa shape index (κ2) is 6.90. The quantitative estimate of drug-likeness (QED) is 0.556. The molecule has 2 N–H and O–H groups in total. The van der Waals surface area contributed by atoms with Crippen LogP contribution in [0.5, 0.6) is 0 Å². The number of hydrogen-bond donors (Lipinski definition) is 2. The van der Waals surface area contributed by atoms with Crippen molar-refractivity contribution in [1.82, 2.24) is 10.6 Å². The van der Waals surface area contributed by atoms with Gasteiger partial charge in [0.25, 0.3) is 5.91 Å². The summed E-state index contributed by atoms with van der Waals surface area (Å²) in [5, 5.41) is 15.1. The Hall–Kier alpha value is -1.48. The molecular formula is C10H14N4OS. The summed E-state index contributed by atoms with van der Waals surface area (Å²) in [5.74, 6) is 0.598. The fourth-order valence-electron chi connectivity index (χ4n) is 1.04. The van der Waals surface area contributed by atoms with E-state index >= 15 is 0 Å². The monoisotopic (exact) mass is 238 g/mol. The van der Waals surface area contributed by atoms with Crippen LogP contribution >= 0.6 is 11.8 Å². The summed E-state index contributed by atoms with van der Waals surface area (Å²) in [5.41, 5.74) is 0.0728. The Balaban J connectivity index is 2.49. The highest BCUT2D eigenvalue weighted by Crippen LogP contribution is 2.08. The van der Waals surface area contributed by atoms with Crippen LogP contribution in [0, 0.1) is 11.3 Å². The van der Waals surface area contributed by atoms with E-state index in [0.717, 1.165) is 23.9 Å². The number of amides is 1. The highest BCUT2D eigenvalue weighted by molar-refractivity contribution is 8.14. The van der Waals surface area contributed by atoms with Crippen LogP contribution in [0.1, 0.15) is 13.3 Å². The molecule has 1 rings (SSSR count). The SMILES string of the molecule is CCCNC(=O)/C(C#N)=C\NC1=NCCS1. The first-order valence-electron chi connectivity index (χ1n) is 5.10. The third-order valence-corrected chi connectivity index (χ3v) is 2.73. The average Bonchev–Trinajstić information content (AvgIpc) is 2.80. The number of amidine groups is 1. The van der Waals surface area contributed by atoms with E-state index in [1.807, 2.05) is 13.0 Å². The summed E-state index contributed by atoms with van der Waals surface area (Å²) in [4.78, 5) is 15.6. The van der Waals surface area contributed by atoms with Crippen molar-refractivity contribution in [3.05, 3.63) is 11.8 Å². The molecule has 0 saturated heterocycles. The number of rotatable bonds is 4. The average molecular weight is 238 g/mol. The van der Waals surface area contributed by atoms with Gasteiger partial charge in [-0.15, -0.1) is 0 Å². The maximum atomic E-state index is 11.4. The van der Waals surface area contributed by atoms with E-state index in [-0.39, 0.29) is 11.5 Å². The molecule has 6 heteroatoms. The largest absolute Gasteiger partial charge is 0.351 e. The molecule has 0 spiro atoms. The summed E-state index contributed by atoms with van der Waals surface area (Å²) in [7, 11) is 0. The fraction of sp³-hybridized carbons (Fsp3) is 0.500. The molecule has 0 aliphatic carbocycles. The Kier molecular flexibility index (Phi) is 5.43. The van der Waals surface area contributed by atoms with E-state index < -0.39 is 0 Å². The minimum atomic E-state index is -0.347. The van der Waals surface area contributed by atoms with Gasteiger partial charge in [-0.25, -0.2) is 0 Å². The van der Waals surface area contributed by atoms with Gasteiger partial charge in [-0.1, -0.05) is 18.7 Å². The van der Waals surface area contributed by atoms with Crippen molar-refractivity contribution in [1.29, 1.82) is 5.26 Å². The number of carbonyl (C=O) groups excluding carboxylic acids is 1. The van der Waals surface area contributed by atoms with Crippen LogP contribution in [0.15, 0.2) is 16.8 Å². The Morgan fingerprint density at radius 3 is 3.12 bits per heavy atom. The maximum absolute atomic E-state index is 11.4. The van der Waals surface area contributed by atoms with Crippen molar-refractivity contribution < 1.29 is 4.79 Å². The van der Waals surface area contributed by atoms with Gasteiger partial charge in [-0.05, 0) is 6.42 Å². The number of thioether (sulfide) groups is 1. The van der Waals surface area contributed by atoms with Gasteiger partial charge in [0, 0.05) is 18.5 Å². The van der Waals surface area contributed by atoms with E-state index in [1.54, 1.807) is 11.8 Å². The molecule has 0 fully saturated rings. The van der Waals surface area contributed by atoms with Crippen LogP contribution in [-0.4, -0.2) is 29.9 Å². The lowest BCUT2D eigenvalue weighted by atomic mass is 10.3. The first kappa shape index (κ1) is 12.6. The van der Waals surface area contributed by atoms with Crippen LogP contribution < -0.4 is 10.6 Å². The predicted molar refractivity (Wildman–Crippen MR) is 64.9 cm³/mol. The molecule has 1 aliphatic rings. The van der Waals surface area contributed by atoms with Gasteiger partial charge in [0.1, 0.15) is 11.6 Å². The van der Waals surface area contributed by atoms with Gasteiger partial charge in [0.2, 0.25) is 0 Å². The number of nitrogens with zero attached hydrogens (tertiary/aromatic N) is 2. The lowest BCUT2D eigenvalue weighted by molar-refractivity contribution is -0.117. The van der Waals surface area contributed by atoms with Gasteiger partial charge in [-0.2, -0.15) is 5.26 Å². The Labute approximate surface area is 99.0 Å². The third kappa shape index (κ3) is 3.95. The van der Waals surface area contributed by atoms with Gasteiger partial charge < -0.3 is 10.6 Å². The molecule has 0 bridgehead atoms. The van der Waals surface area contributed by atoms with Gasteiger partial charge in [-0.3, -0.25) is 9.79 Å². The minimum absolute atomic E-state index is 0.0728. The van der Waals surface area contributed by atoms with E-state index in [0.29, 0.717) is 6.54 Å². The molecule has 0 radical (unpaired) electrons. The molecule has 0 aromatic carbocycles. The normalized spacial score (nSPS) is 15.2. The molecule has 0 unspecified atom stereocenters. The summed E-state index contributed by atoms with van der Waals surface area (Å²) < 4.78 is 0. The molecule has 0 saturated carbocycles. The summed E-state index contributed by atoms with van der Waals surface area (Å²) in [6, 6.07) is 1.86. The number of carbonyl (C=O) groups is 1. The predicted octanol–water partition coefficient (Wildman–Crippen LogP) is 0.612. The maximum Gasteiger partial charge on any atom is 0.263 e. The molecular weight excluding hydrogens is 224 g/mol. The zero-order chi connectivity index (χ0) is 11.8. The smallest absolute Gasteiger partial charge is 0.263 e. The molecule has 0 aromatic rings. The van der Waals surface area contributed by atoms with Crippen molar-refractivity contribution in [2.24, 2.45) is 4.99 Å². The van der Waals surface area contributed by atoms with Crippen molar-refractivity contribution in [2.45, 2.75) is 13.3 Å². The van der Waals surface area contributed by atoms with Crippen molar-refractivity contribution in [3.8, 4) is 6.07 Å². The van der Waals surface area contributed by atoms with E-state index in [2.05, 4.69) is 15.6 Å². The molecule has 16 heavy (non-hydrogen) atoms. The van der Waals surface area contributed by atoms with Crippen LogP contribution in [-0.2, 0) is 4.79 Å². The first-order chi connectivity index (χ1) is 7.77. The van der Waals surface area contributed by atoms with Crippen molar-refractivity contribution in [3.63, 3.8) is 0 Å². The zero-order valence-corrected chi connectivity index (χ0v) is 9.93. The molecule has 86 valence electrons. The standard InChI is InChI=1S/C10H14N4OS/c1-2-3-12-9(15)8(6-11)7-14-10-13-4-5-16-10/h7H,2-5H2,1H3,(H,12,15)(H,13,14)/b8-7-. The molecule has 1 aliphatic heterocycles. The van der Waals surface area contributed by atoms with E-state index in [4.69, 9.17) is 5.26 Å². The highest BCUT2D eigenvalue weighted by Gasteiger charge is 2.09. The summed E-state index contributed by atoms with van der Waals surface area (Å²) >= 11 is 1.58. The molecule has 1 amide bonds. The lowest BCUT2D eigenvalue weighted by Crippen LogP contribution is -2.26. The number of hydrogen-bond acceptors (Lipinski definition) is 5. The molecule has 1 heterocycles. The van der Waals surface area contributed by atoms with E-state index in [9.17, 15) is 4.79 Å². The topological polar surface area (TPSA) is 77.3 Å². The summed E-state index contributed by atoms with van der Waals surface area (Å²) in [6.07, 6.45) is 2.25. The minimum Gasteiger partial charge on any atom is -0.351 e. The van der Waals surface area contributed by atoms with Gasteiger partial charge >= 0.3 is 0 Å². The van der Waals surface area contributed by atoms with Crippen LogP contribution in [0.4, 0.5) is 0 Å². The van der Waals surface area contributed by atoms with Gasteiger partial charge in [0.15, 0.2) is 5.17 Å². The zero-order valence-electron chi connectivity index (χ0n) is 9.12. The second-order valence-electron chi connectivity index (χ2n) is 3.11. The third-order valence-electron chi connectivity index (χ3n) is 1.83.